The number of amides is 1. The topological polar surface area (TPSA) is 122 Å². The molecule has 1 amide bonds. The van der Waals surface area contributed by atoms with E-state index in [1.807, 2.05) is 37.3 Å². The molecule has 0 bridgehead atoms. The Morgan fingerprint density at radius 1 is 1.21 bits per heavy atom. The second-order valence-corrected chi connectivity index (χ2v) is 10.9. The minimum Gasteiger partial charge on any atom is -0.462 e. The molecule has 4 rings (SSSR count). The molecule has 0 saturated carbocycles. The Morgan fingerprint density at radius 2 is 1.95 bits per heavy atom. The van der Waals surface area contributed by atoms with E-state index in [0.29, 0.717) is 21.0 Å². The van der Waals surface area contributed by atoms with E-state index in [0.717, 1.165) is 46.6 Å². The van der Waals surface area contributed by atoms with Gasteiger partial charge in [-0.15, -0.1) is 11.3 Å². The first-order valence-corrected chi connectivity index (χ1v) is 13.7. The number of ether oxygens (including phenoxy) is 1. The predicted octanol–water partition coefficient (Wildman–Crippen LogP) is 6.72. The highest BCUT2D eigenvalue weighted by Crippen LogP contribution is 2.39. The number of carbonyl (C=O) groups is 2. The van der Waals surface area contributed by atoms with E-state index in [4.69, 9.17) is 4.74 Å². The van der Waals surface area contributed by atoms with Gasteiger partial charge in [0.1, 0.15) is 16.6 Å². The van der Waals surface area contributed by atoms with Crippen molar-refractivity contribution in [3.8, 4) is 6.07 Å². The lowest BCUT2D eigenvalue weighted by atomic mass is 9.95. The minimum absolute atomic E-state index is 0.155. The third-order valence-corrected chi connectivity index (χ3v) is 8.30. The van der Waals surface area contributed by atoms with Crippen LogP contribution >= 0.6 is 23.1 Å². The van der Waals surface area contributed by atoms with Crippen LogP contribution in [0.3, 0.4) is 0 Å². The summed E-state index contributed by atoms with van der Waals surface area (Å²) in [6, 6.07) is 14.0. The summed E-state index contributed by atoms with van der Waals surface area (Å²) in [5.74, 6) is -1.20. The van der Waals surface area contributed by atoms with E-state index in [1.165, 1.54) is 41.3 Å². The Hall–Kier alpha value is -3.94. The number of non-ortho nitro benzene ring substituents is 1. The quantitative estimate of drug-likeness (QED) is 0.109. The van der Waals surface area contributed by atoms with Crippen LogP contribution in [0, 0.1) is 28.4 Å². The van der Waals surface area contributed by atoms with Gasteiger partial charge >= 0.3 is 5.97 Å². The van der Waals surface area contributed by atoms with Crippen molar-refractivity contribution in [2.45, 2.75) is 49.3 Å². The molecule has 38 heavy (non-hydrogen) atoms. The number of hydrogen-bond acceptors (Lipinski definition) is 8. The fourth-order valence-electron chi connectivity index (χ4n) is 4.14. The lowest BCUT2D eigenvalue weighted by molar-refractivity contribution is -0.384. The molecule has 1 aliphatic carbocycles. The number of esters is 1. The second-order valence-electron chi connectivity index (χ2n) is 8.65. The normalized spacial score (nSPS) is 12.8. The molecule has 8 nitrogen and oxygen atoms in total. The highest BCUT2D eigenvalue weighted by molar-refractivity contribution is 7.99. The molecule has 10 heteroatoms. The van der Waals surface area contributed by atoms with Gasteiger partial charge in [0.25, 0.3) is 11.6 Å². The number of nitro benzene ring substituents is 1. The lowest BCUT2D eigenvalue weighted by Gasteiger charge is -2.12. The number of benzene rings is 2. The third kappa shape index (κ3) is 6.13. The van der Waals surface area contributed by atoms with Crippen LogP contribution in [0.2, 0.25) is 0 Å². The number of nitro groups is 1. The summed E-state index contributed by atoms with van der Waals surface area (Å²) < 4.78 is 5.24. The summed E-state index contributed by atoms with van der Waals surface area (Å²) in [6.07, 6.45) is 4.83. The van der Waals surface area contributed by atoms with E-state index in [-0.39, 0.29) is 17.9 Å². The number of nitrogens with zero attached hydrogens (tertiary/aromatic N) is 2. The van der Waals surface area contributed by atoms with Crippen molar-refractivity contribution in [1.29, 1.82) is 5.26 Å². The van der Waals surface area contributed by atoms with Gasteiger partial charge in [-0.25, -0.2) is 4.79 Å². The van der Waals surface area contributed by atoms with Crippen LogP contribution in [0.15, 0.2) is 57.8 Å². The molecule has 0 spiro atoms. The van der Waals surface area contributed by atoms with Crippen LogP contribution < -0.4 is 5.32 Å². The fourth-order valence-corrected chi connectivity index (χ4v) is 6.31. The molecule has 3 aromatic rings. The van der Waals surface area contributed by atoms with Crippen LogP contribution in [0.5, 0.6) is 0 Å². The second kappa shape index (κ2) is 12.1. The summed E-state index contributed by atoms with van der Waals surface area (Å²) in [7, 11) is 0. The van der Waals surface area contributed by atoms with Gasteiger partial charge in [-0.3, -0.25) is 14.9 Å². The van der Waals surface area contributed by atoms with Gasteiger partial charge in [0.2, 0.25) is 0 Å². The first-order chi connectivity index (χ1) is 18.3. The minimum atomic E-state index is -0.700. The van der Waals surface area contributed by atoms with Crippen molar-refractivity contribution in [2.75, 3.05) is 11.9 Å². The van der Waals surface area contributed by atoms with Crippen molar-refractivity contribution in [3.05, 3.63) is 85.3 Å². The summed E-state index contributed by atoms with van der Waals surface area (Å²) in [6.45, 7) is 3.90. The molecule has 1 aromatic heterocycles. The number of rotatable bonds is 8. The number of carbonyl (C=O) groups excluding carboxylic acids is 2. The summed E-state index contributed by atoms with van der Waals surface area (Å²) in [4.78, 5) is 39.5. The number of nitriles is 1. The lowest BCUT2D eigenvalue weighted by Crippen LogP contribution is -2.16. The SMILES string of the molecule is CCOC(=O)c1c(NC(=O)/C(C#N)=C\c2cc([N+](=O)[O-])ccc2Sc2ccc(C)cc2)sc2c1CCCC2. The van der Waals surface area contributed by atoms with E-state index in [9.17, 15) is 25.0 Å². The Balaban J connectivity index is 1.69. The Morgan fingerprint density at radius 3 is 2.63 bits per heavy atom. The van der Waals surface area contributed by atoms with E-state index in [2.05, 4.69) is 5.32 Å². The van der Waals surface area contributed by atoms with Gasteiger partial charge in [0.15, 0.2) is 0 Å². The third-order valence-electron chi connectivity index (χ3n) is 6.00. The highest BCUT2D eigenvalue weighted by atomic mass is 32.2. The molecule has 1 N–H and O–H groups in total. The Bertz CT molecular complexity index is 1470. The monoisotopic (exact) mass is 547 g/mol. The maximum atomic E-state index is 13.2. The van der Waals surface area contributed by atoms with Gasteiger partial charge in [-0.2, -0.15) is 5.26 Å². The van der Waals surface area contributed by atoms with Crippen molar-refractivity contribution < 1.29 is 19.2 Å². The average Bonchev–Trinajstić information content (AvgIpc) is 3.27. The molecule has 1 heterocycles. The van der Waals surface area contributed by atoms with Crippen LogP contribution in [0.1, 0.15) is 51.7 Å². The van der Waals surface area contributed by atoms with Crippen molar-refractivity contribution in [3.63, 3.8) is 0 Å². The zero-order valence-corrected chi connectivity index (χ0v) is 22.5. The van der Waals surface area contributed by atoms with Crippen LogP contribution in [-0.2, 0) is 22.4 Å². The summed E-state index contributed by atoms with van der Waals surface area (Å²) in [5.41, 5.74) is 2.32. The molecule has 1 aliphatic rings. The Labute approximate surface area is 228 Å². The molecular weight excluding hydrogens is 522 g/mol. The number of aryl methyl sites for hydroxylation is 2. The van der Waals surface area contributed by atoms with Gasteiger partial charge in [-0.1, -0.05) is 29.5 Å². The average molecular weight is 548 g/mol. The number of hydrogen-bond donors (Lipinski definition) is 1. The van der Waals surface area contributed by atoms with Gasteiger partial charge in [0.05, 0.1) is 17.1 Å². The first kappa shape index (κ1) is 27.1. The predicted molar refractivity (Wildman–Crippen MR) is 148 cm³/mol. The first-order valence-electron chi connectivity index (χ1n) is 12.1. The molecule has 0 fully saturated rings. The van der Waals surface area contributed by atoms with E-state index in [1.54, 1.807) is 13.0 Å². The van der Waals surface area contributed by atoms with E-state index >= 15 is 0 Å². The fraction of sp³-hybridized carbons (Fsp3) is 0.250. The molecule has 0 unspecified atom stereocenters. The molecule has 0 atom stereocenters. The number of nitrogens with one attached hydrogen (secondary N) is 1. The molecule has 0 saturated heterocycles. The smallest absolute Gasteiger partial charge is 0.341 e. The molecule has 2 aromatic carbocycles. The van der Waals surface area contributed by atoms with Gasteiger partial charge < -0.3 is 10.1 Å². The molecular formula is C28H25N3O5S2. The Kier molecular flexibility index (Phi) is 8.61. The van der Waals surface area contributed by atoms with Crippen molar-refractivity contribution in [1.82, 2.24) is 0 Å². The van der Waals surface area contributed by atoms with Gasteiger partial charge in [-0.05, 0) is 74.9 Å². The molecule has 194 valence electrons. The zero-order valence-electron chi connectivity index (χ0n) is 20.9. The summed E-state index contributed by atoms with van der Waals surface area (Å²) >= 11 is 2.70. The zero-order chi connectivity index (χ0) is 27.2. The van der Waals surface area contributed by atoms with Crippen LogP contribution in [-0.4, -0.2) is 23.4 Å². The highest BCUT2D eigenvalue weighted by Gasteiger charge is 2.28. The molecule has 0 aliphatic heterocycles. The largest absolute Gasteiger partial charge is 0.462 e. The van der Waals surface area contributed by atoms with Crippen LogP contribution in [0.4, 0.5) is 10.7 Å². The van der Waals surface area contributed by atoms with Crippen molar-refractivity contribution in [2.24, 2.45) is 0 Å². The van der Waals surface area contributed by atoms with Crippen LogP contribution in [0.25, 0.3) is 6.08 Å². The summed E-state index contributed by atoms with van der Waals surface area (Å²) in [5, 5.41) is 24.4. The van der Waals surface area contributed by atoms with E-state index < -0.39 is 16.8 Å². The number of thiophene rings is 1. The van der Waals surface area contributed by atoms with Gasteiger partial charge in [0, 0.05) is 26.8 Å². The van der Waals surface area contributed by atoms with Crippen molar-refractivity contribution >= 4 is 51.7 Å². The maximum Gasteiger partial charge on any atom is 0.341 e. The standard InChI is InChI=1S/C28H25N3O5S2/c1-3-36-28(33)25-22-6-4-5-7-24(22)38-27(25)30-26(32)19(16-29)14-18-15-20(31(34)35)10-13-23(18)37-21-11-8-17(2)9-12-21/h8-15H,3-7H2,1-2H3,(H,30,32)/b19-14-. The molecule has 0 radical (unpaired) electrons. The number of anilines is 1. The maximum absolute atomic E-state index is 13.2. The number of fused-ring (bicyclic) bond motifs is 1.